The zero-order valence-corrected chi connectivity index (χ0v) is 16.8. The van der Waals surface area contributed by atoms with Gasteiger partial charge in [-0.15, -0.1) is 0 Å². The van der Waals surface area contributed by atoms with Crippen LogP contribution in [0.1, 0.15) is 17.4 Å². The van der Waals surface area contributed by atoms with Crippen molar-refractivity contribution in [3.05, 3.63) is 89.8 Å². The summed E-state index contributed by atoms with van der Waals surface area (Å²) in [6, 6.07) is 21.5. The predicted molar refractivity (Wildman–Crippen MR) is 117 cm³/mol. The van der Waals surface area contributed by atoms with Crippen LogP contribution in [0.2, 0.25) is 0 Å². The van der Waals surface area contributed by atoms with Gasteiger partial charge in [0.05, 0.1) is 0 Å². The molecule has 0 amide bonds. The fourth-order valence-corrected chi connectivity index (χ4v) is 4.03. The van der Waals surface area contributed by atoms with Gasteiger partial charge in [-0.3, -0.25) is 9.80 Å². The minimum absolute atomic E-state index is 0.0296. The minimum Gasteiger partial charge on any atom is -0.362 e. The van der Waals surface area contributed by atoms with Gasteiger partial charge in [-0.1, -0.05) is 66.7 Å². The first-order valence-corrected chi connectivity index (χ1v) is 10.1. The Morgan fingerprint density at radius 1 is 0.931 bits per heavy atom. The van der Waals surface area contributed by atoms with Gasteiger partial charge in [-0.05, 0) is 28.5 Å². The third-order valence-electron chi connectivity index (χ3n) is 5.60. The zero-order valence-electron chi connectivity index (χ0n) is 16.8. The van der Waals surface area contributed by atoms with E-state index in [1.165, 1.54) is 28.5 Å². The van der Waals surface area contributed by atoms with Gasteiger partial charge in [0.1, 0.15) is 12.0 Å². The summed E-state index contributed by atoms with van der Waals surface area (Å²) in [4.78, 5) is 4.86. The number of halogens is 1. The van der Waals surface area contributed by atoms with E-state index in [-0.39, 0.29) is 12.0 Å². The van der Waals surface area contributed by atoms with Gasteiger partial charge >= 0.3 is 0 Å². The summed E-state index contributed by atoms with van der Waals surface area (Å²) < 4.78 is 18.9. The monoisotopic (exact) mass is 390 g/mol. The Bertz CT molecular complexity index is 957. The van der Waals surface area contributed by atoms with Gasteiger partial charge in [-0.2, -0.15) is 0 Å². The first-order chi connectivity index (χ1) is 14.2. The zero-order chi connectivity index (χ0) is 20.1. The lowest BCUT2D eigenvalue weighted by molar-refractivity contribution is -0.0540. The van der Waals surface area contributed by atoms with Crippen molar-refractivity contribution >= 4 is 16.8 Å². The molecule has 29 heavy (non-hydrogen) atoms. The Balaban J connectivity index is 1.37. The minimum atomic E-state index is -0.197. The molecule has 3 aromatic rings. The molecular formula is C25H27FN2O. The SMILES string of the molecule is COC(c1cccc2ccccc12)N1CCN(CC=Cc2ccc(F)cc2)CC1. The summed E-state index contributed by atoms with van der Waals surface area (Å²) >= 11 is 0. The van der Waals surface area contributed by atoms with Crippen LogP contribution in [0.3, 0.4) is 0 Å². The number of methoxy groups -OCH3 is 1. The van der Waals surface area contributed by atoms with Crippen LogP contribution in [0.4, 0.5) is 4.39 Å². The van der Waals surface area contributed by atoms with Gasteiger partial charge < -0.3 is 4.74 Å². The number of benzene rings is 3. The molecule has 0 bridgehead atoms. The quantitative estimate of drug-likeness (QED) is 0.592. The average molecular weight is 391 g/mol. The maximum absolute atomic E-state index is 13.0. The Morgan fingerprint density at radius 3 is 2.41 bits per heavy atom. The van der Waals surface area contributed by atoms with E-state index in [1.54, 1.807) is 19.2 Å². The second-order valence-electron chi connectivity index (χ2n) is 7.45. The molecule has 0 saturated carbocycles. The highest BCUT2D eigenvalue weighted by Gasteiger charge is 2.25. The molecule has 4 rings (SSSR count). The molecule has 3 aromatic carbocycles. The summed E-state index contributed by atoms with van der Waals surface area (Å²) in [5.41, 5.74) is 2.26. The van der Waals surface area contributed by atoms with Gasteiger partial charge in [0.2, 0.25) is 0 Å². The third kappa shape index (κ3) is 4.73. The molecule has 1 saturated heterocycles. The molecule has 150 valence electrons. The van der Waals surface area contributed by atoms with E-state index in [0.29, 0.717) is 0 Å². The molecule has 0 aliphatic carbocycles. The molecule has 0 radical (unpaired) electrons. The van der Waals surface area contributed by atoms with Crippen LogP contribution in [0.25, 0.3) is 16.8 Å². The number of nitrogens with zero attached hydrogens (tertiary/aromatic N) is 2. The summed E-state index contributed by atoms with van der Waals surface area (Å²) in [6.07, 6.45) is 4.18. The Hall–Kier alpha value is -2.53. The lowest BCUT2D eigenvalue weighted by Crippen LogP contribution is -2.47. The van der Waals surface area contributed by atoms with E-state index in [2.05, 4.69) is 64.4 Å². The summed E-state index contributed by atoms with van der Waals surface area (Å²) in [5, 5.41) is 2.50. The largest absolute Gasteiger partial charge is 0.362 e. The summed E-state index contributed by atoms with van der Waals surface area (Å²) in [7, 11) is 1.80. The van der Waals surface area contributed by atoms with Crippen LogP contribution in [-0.2, 0) is 4.74 Å². The van der Waals surface area contributed by atoms with Crippen LogP contribution in [-0.4, -0.2) is 49.6 Å². The predicted octanol–water partition coefficient (Wildman–Crippen LogP) is 4.95. The Morgan fingerprint density at radius 2 is 1.66 bits per heavy atom. The first-order valence-electron chi connectivity index (χ1n) is 10.1. The molecule has 1 unspecified atom stereocenters. The van der Waals surface area contributed by atoms with E-state index in [4.69, 9.17) is 4.74 Å². The topological polar surface area (TPSA) is 15.7 Å². The second-order valence-corrected chi connectivity index (χ2v) is 7.45. The lowest BCUT2D eigenvalue weighted by Gasteiger charge is -2.38. The van der Waals surface area contributed by atoms with Crippen LogP contribution >= 0.6 is 0 Å². The van der Waals surface area contributed by atoms with Gasteiger partial charge in [0.15, 0.2) is 0 Å². The lowest BCUT2D eigenvalue weighted by atomic mass is 10.0. The highest BCUT2D eigenvalue weighted by Crippen LogP contribution is 2.29. The van der Waals surface area contributed by atoms with Crippen molar-refractivity contribution in [2.24, 2.45) is 0 Å². The van der Waals surface area contributed by atoms with E-state index < -0.39 is 0 Å². The molecule has 3 nitrogen and oxygen atoms in total. The van der Waals surface area contributed by atoms with Crippen molar-refractivity contribution in [1.29, 1.82) is 0 Å². The third-order valence-corrected chi connectivity index (χ3v) is 5.60. The first kappa shape index (κ1) is 19.8. The van der Waals surface area contributed by atoms with Crippen LogP contribution in [0.5, 0.6) is 0 Å². The summed E-state index contributed by atoms with van der Waals surface area (Å²) in [5.74, 6) is -0.197. The number of hydrogen-bond acceptors (Lipinski definition) is 3. The number of fused-ring (bicyclic) bond motifs is 1. The van der Waals surface area contributed by atoms with Crippen molar-refractivity contribution in [3.63, 3.8) is 0 Å². The van der Waals surface area contributed by atoms with E-state index >= 15 is 0 Å². The summed E-state index contributed by atoms with van der Waals surface area (Å²) in [6.45, 7) is 4.83. The molecule has 4 heteroatoms. The molecule has 0 aromatic heterocycles. The van der Waals surface area contributed by atoms with Crippen molar-refractivity contribution in [2.75, 3.05) is 39.8 Å². The highest BCUT2D eigenvalue weighted by molar-refractivity contribution is 5.85. The van der Waals surface area contributed by atoms with E-state index in [0.717, 1.165) is 38.3 Å². The van der Waals surface area contributed by atoms with Crippen molar-refractivity contribution in [3.8, 4) is 0 Å². The normalized spacial score (nSPS) is 17.2. The number of hydrogen-bond donors (Lipinski definition) is 0. The maximum atomic E-state index is 13.0. The maximum Gasteiger partial charge on any atom is 0.137 e. The van der Waals surface area contributed by atoms with Crippen molar-refractivity contribution in [2.45, 2.75) is 6.23 Å². The van der Waals surface area contributed by atoms with Crippen LogP contribution in [0, 0.1) is 5.82 Å². The molecule has 0 spiro atoms. The van der Waals surface area contributed by atoms with E-state index in [1.807, 2.05) is 0 Å². The number of rotatable bonds is 6. The number of piperazine rings is 1. The molecule has 1 aliphatic heterocycles. The molecule has 1 aliphatic rings. The molecule has 1 fully saturated rings. The highest BCUT2D eigenvalue weighted by atomic mass is 19.1. The van der Waals surface area contributed by atoms with Crippen LogP contribution < -0.4 is 0 Å². The fourth-order valence-electron chi connectivity index (χ4n) is 4.03. The Labute approximate surface area is 172 Å². The molecular weight excluding hydrogens is 363 g/mol. The molecule has 1 heterocycles. The van der Waals surface area contributed by atoms with Gasteiger partial charge in [-0.25, -0.2) is 4.39 Å². The fraction of sp³-hybridized carbons (Fsp3) is 0.280. The van der Waals surface area contributed by atoms with Crippen LogP contribution in [0.15, 0.2) is 72.8 Å². The number of ether oxygens (including phenoxy) is 1. The van der Waals surface area contributed by atoms with Crippen molar-refractivity contribution in [1.82, 2.24) is 9.80 Å². The average Bonchev–Trinajstić information content (AvgIpc) is 2.77. The van der Waals surface area contributed by atoms with Gasteiger partial charge in [0.25, 0.3) is 0 Å². The molecule has 1 atom stereocenters. The second kappa shape index (κ2) is 9.31. The van der Waals surface area contributed by atoms with E-state index in [9.17, 15) is 4.39 Å². The Kier molecular flexibility index (Phi) is 6.35. The smallest absolute Gasteiger partial charge is 0.137 e. The van der Waals surface area contributed by atoms with Crippen molar-refractivity contribution < 1.29 is 9.13 Å². The molecule has 0 N–H and O–H groups in total. The van der Waals surface area contributed by atoms with Gasteiger partial charge in [0, 0.05) is 45.4 Å². The standard InChI is InChI=1S/C25H27FN2O/c1-29-25(24-10-4-8-21-7-2-3-9-23(21)24)28-18-16-27(17-19-28)15-5-6-20-11-13-22(26)14-12-20/h2-14,25H,15-19H2,1H3.